The highest BCUT2D eigenvalue weighted by Crippen LogP contribution is 2.36. The van der Waals surface area contributed by atoms with Gasteiger partial charge in [-0.25, -0.2) is 9.59 Å². The highest BCUT2D eigenvalue weighted by molar-refractivity contribution is 5.71. The first-order chi connectivity index (χ1) is 18.0. The maximum atomic E-state index is 12.3. The molecular weight excluding hydrogens is 615 g/mol. The average molecular weight is 657 g/mol. The first-order valence-electron chi connectivity index (χ1n) is 13.3. The van der Waals surface area contributed by atoms with Crippen LogP contribution in [0.25, 0.3) is 11.3 Å². The Hall–Kier alpha value is -2.83. The van der Waals surface area contributed by atoms with E-state index in [1.807, 2.05) is 66.1 Å². The molecule has 0 saturated carbocycles. The minimum Gasteiger partial charge on any atom is -1.00 e. The van der Waals surface area contributed by atoms with E-state index in [0.717, 1.165) is 47.5 Å². The molecule has 2 amide bonds. The fraction of sp³-hybridized carbons (Fsp3) is 0.571. The van der Waals surface area contributed by atoms with Crippen molar-refractivity contribution in [2.45, 2.75) is 99.4 Å². The Morgan fingerprint density at radius 2 is 1.46 bits per heavy atom. The Kier molecular flexibility index (Phi) is 12.5. The molecule has 3 rings (SSSR count). The van der Waals surface area contributed by atoms with Gasteiger partial charge in [-0.05, 0) is 46.5 Å². The van der Waals surface area contributed by atoms with Crippen molar-refractivity contribution in [2.24, 2.45) is 5.92 Å². The summed E-state index contributed by atoms with van der Waals surface area (Å²) in [7, 11) is 0. The number of pyridine rings is 1. The zero-order valence-corrected chi connectivity index (χ0v) is 25.9. The van der Waals surface area contributed by atoms with Gasteiger partial charge in [-0.2, -0.15) is 4.57 Å². The van der Waals surface area contributed by atoms with Gasteiger partial charge in [0.1, 0.15) is 13.2 Å². The van der Waals surface area contributed by atoms with Gasteiger partial charge in [-0.1, -0.05) is 13.8 Å². The number of alkyl carbamates (subject to hydrolysis) is 2. The summed E-state index contributed by atoms with van der Waals surface area (Å²) in [4.78, 5) is 36.5. The van der Waals surface area contributed by atoms with Crippen molar-refractivity contribution in [3.63, 3.8) is 0 Å². The van der Waals surface area contributed by atoms with Crippen molar-refractivity contribution >= 4 is 18.2 Å². The maximum absolute atomic E-state index is 12.3. The Morgan fingerprint density at radius 1 is 0.897 bits per heavy atom. The third-order valence-corrected chi connectivity index (χ3v) is 6.01. The lowest BCUT2D eigenvalue weighted by molar-refractivity contribution is -0.727. The highest BCUT2D eigenvalue weighted by atomic mass is 127. The molecule has 0 fully saturated rings. The van der Waals surface area contributed by atoms with E-state index in [2.05, 4.69) is 15.2 Å². The molecule has 1 aliphatic rings. The number of carbonyl (C=O) groups excluding carboxylic acids is 3. The zero-order chi connectivity index (χ0) is 27.8. The smallest absolute Gasteiger partial charge is 0.407 e. The number of carbonyl (C=O) groups is 3. The molecule has 1 aliphatic heterocycles. The Balaban J connectivity index is 0.00000533. The number of hydrogen-bond acceptors (Lipinski definition) is 6. The van der Waals surface area contributed by atoms with E-state index >= 15 is 0 Å². The van der Waals surface area contributed by atoms with E-state index in [9.17, 15) is 14.4 Å². The van der Waals surface area contributed by atoms with E-state index < -0.39 is 12.2 Å². The lowest BCUT2D eigenvalue weighted by atomic mass is 10.0. The van der Waals surface area contributed by atoms with Crippen molar-refractivity contribution in [1.29, 1.82) is 0 Å². The summed E-state index contributed by atoms with van der Waals surface area (Å²) < 4.78 is 20.5. The highest BCUT2D eigenvalue weighted by Gasteiger charge is 2.28. The number of ether oxygens (including phenoxy) is 3. The SMILES string of the molecule is CC(C)CC(=O)OC[n+]1ccc(-c2c(COC(=O)NC(C)C)c(COC(=O)NC(C)C)c3n2CCC3)cc1.[I-]. The van der Waals surface area contributed by atoms with Gasteiger partial charge in [0.05, 0.1) is 5.69 Å². The fourth-order valence-corrected chi connectivity index (χ4v) is 4.44. The third-order valence-electron chi connectivity index (χ3n) is 6.01. The Morgan fingerprint density at radius 3 is 2.00 bits per heavy atom. The van der Waals surface area contributed by atoms with Crippen LogP contribution >= 0.6 is 0 Å². The van der Waals surface area contributed by atoms with Gasteiger partial charge in [0, 0.05) is 59.6 Å². The summed E-state index contributed by atoms with van der Waals surface area (Å²) in [5.74, 6) is 0.00969. The topological polar surface area (TPSA) is 112 Å². The molecule has 216 valence electrons. The molecular formula is C28H41IN4O6. The van der Waals surface area contributed by atoms with Crippen LogP contribution in [-0.2, 0) is 51.9 Å². The van der Waals surface area contributed by atoms with Gasteiger partial charge in [-0.15, -0.1) is 0 Å². The number of hydrogen-bond donors (Lipinski definition) is 2. The van der Waals surface area contributed by atoms with E-state index in [1.54, 1.807) is 4.57 Å². The van der Waals surface area contributed by atoms with Crippen LogP contribution in [0.1, 0.15) is 71.2 Å². The molecule has 0 radical (unpaired) electrons. The summed E-state index contributed by atoms with van der Waals surface area (Å²) in [6.45, 7) is 12.5. The molecule has 0 aliphatic carbocycles. The van der Waals surface area contributed by atoms with Crippen molar-refractivity contribution < 1.29 is 57.1 Å². The van der Waals surface area contributed by atoms with Crippen LogP contribution in [0.2, 0.25) is 0 Å². The van der Waals surface area contributed by atoms with Crippen molar-refractivity contribution in [1.82, 2.24) is 15.2 Å². The monoisotopic (exact) mass is 656 g/mol. The molecule has 2 N–H and O–H groups in total. The molecule has 0 atom stereocenters. The van der Waals surface area contributed by atoms with Gasteiger partial charge < -0.3 is 53.4 Å². The van der Waals surface area contributed by atoms with Gasteiger partial charge in [0.25, 0.3) is 6.73 Å². The minimum absolute atomic E-state index is 0. The predicted octanol–water partition coefficient (Wildman–Crippen LogP) is 1.21. The van der Waals surface area contributed by atoms with Gasteiger partial charge in [0.15, 0.2) is 12.4 Å². The molecule has 0 saturated heterocycles. The average Bonchev–Trinajstić information content (AvgIpc) is 3.40. The number of fused-ring (bicyclic) bond motifs is 1. The minimum atomic E-state index is -0.504. The van der Waals surface area contributed by atoms with E-state index in [0.29, 0.717) is 6.42 Å². The van der Waals surface area contributed by atoms with E-state index in [1.165, 1.54) is 0 Å². The van der Waals surface area contributed by atoms with Crippen LogP contribution in [-0.4, -0.2) is 34.8 Å². The fourth-order valence-electron chi connectivity index (χ4n) is 4.44. The molecule has 0 spiro atoms. The third kappa shape index (κ3) is 9.40. The Labute approximate surface area is 247 Å². The molecule has 11 heteroatoms. The first-order valence-corrected chi connectivity index (χ1v) is 13.3. The number of nitrogens with zero attached hydrogens (tertiary/aromatic N) is 2. The molecule has 10 nitrogen and oxygen atoms in total. The molecule has 0 aromatic carbocycles. The number of esters is 1. The van der Waals surface area contributed by atoms with E-state index in [4.69, 9.17) is 14.2 Å². The Bertz CT molecular complexity index is 1130. The van der Waals surface area contributed by atoms with E-state index in [-0.39, 0.29) is 67.9 Å². The second-order valence-electron chi connectivity index (χ2n) is 10.6. The summed E-state index contributed by atoms with van der Waals surface area (Å²) in [5.41, 5.74) is 4.63. The second kappa shape index (κ2) is 15.1. The molecule has 0 bridgehead atoms. The largest absolute Gasteiger partial charge is 1.00 e. The normalized spacial score (nSPS) is 12.2. The maximum Gasteiger partial charge on any atom is 0.407 e. The number of nitrogens with one attached hydrogen (secondary N) is 2. The first kappa shape index (κ1) is 32.4. The number of halogens is 1. The van der Waals surface area contributed by atoms with Crippen LogP contribution in [0.3, 0.4) is 0 Å². The lowest BCUT2D eigenvalue weighted by Crippen LogP contribution is -3.00. The van der Waals surface area contributed by atoms with Gasteiger partial charge >= 0.3 is 18.2 Å². The van der Waals surface area contributed by atoms with Crippen LogP contribution in [0.4, 0.5) is 9.59 Å². The lowest BCUT2D eigenvalue weighted by Gasteiger charge is -2.14. The van der Waals surface area contributed by atoms with Crippen molar-refractivity contribution in [2.75, 3.05) is 0 Å². The van der Waals surface area contributed by atoms with Gasteiger partial charge in [-0.3, -0.25) is 4.79 Å². The molecule has 2 aromatic heterocycles. The summed E-state index contributed by atoms with van der Waals surface area (Å²) >= 11 is 0. The second-order valence-corrected chi connectivity index (χ2v) is 10.6. The molecule has 2 aromatic rings. The van der Waals surface area contributed by atoms with Crippen LogP contribution in [0, 0.1) is 5.92 Å². The summed E-state index contributed by atoms with van der Waals surface area (Å²) in [6.07, 6.45) is 4.91. The number of rotatable bonds is 11. The number of aromatic nitrogens is 2. The van der Waals surface area contributed by atoms with Crippen LogP contribution in [0.5, 0.6) is 0 Å². The van der Waals surface area contributed by atoms with Crippen molar-refractivity contribution in [3.05, 3.63) is 41.3 Å². The molecule has 3 heterocycles. The zero-order valence-electron chi connectivity index (χ0n) is 23.7. The quantitative estimate of drug-likeness (QED) is 0.163. The van der Waals surface area contributed by atoms with Crippen molar-refractivity contribution in [3.8, 4) is 11.3 Å². The summed E-state index contributed by atoms with van der Waals surface area (Å²) in [5, 5.41) is 5.49. The number of amides is 2. The molecule has 39 heavy (non-hydrogen) atoms. The standard InChI is InChI=1S/C28H40N4O6.HI/c1-18(2)14-25(33)38-17-31-12-9-21(10-13-31)26-23(16-37-28(35)30-20(5)6)22(24-8-7-11-32(24)26)15-36-27(34)29-19(3)4;/h9-10,12-13,18-20H,7-8,11,14-17H2,1-6H3,(H-,29,30,34,35);1H. The van der Waals surface area contributed by atoms with Crippen LogP contribution in [0.15, 0.2) is 24.5 Å². The predicted molar refractivity (Wildman–Crippen MR) is 141 cm³/mol. The molecule has 0 unspecified atom stereocenters. The van der Waals surface area contributed by atoms with Gasteiger partial charge in [0.2, 0.25) is 0 Å². The van der Waals surface area contributed by atoms with Crippen LogP contribution < -0.4 is 39.2 Å². The summed E-state index contributed by atoms with van der Waals surface area (Å²) in [6, 6.07) is 3.81.